The second-order valence-corrected chi connectivity index (χ2v) is 7.90. The third-order valence-corrected chi connectivity index (χ3v) is 6.60. The van der Waals surface area contributed by atoms with Crippen molar-refractivity contribution in [1.29, 1.82) is 0 Å². The summed E-state index contributed by atoms with van der Waals surface area (Å²) in [6, 6.07) is 0.909. The summed E-state index contributed by atoms with van der Waals surface area (Å²) < 4.78 is 62.0. The molecular formula is C7H5Cl5O8S2. The lowest BCUT2D eigenvalue weighted by Gasteiger charge is -2.17. The molecule has 0 aliphatic heterocycles. The van der Waals surface area contributed by atoms with E-state index in [-0.39, 0.29) is 23.8 Å². The van der Waals surface area contributed by atoms with Gasteiger partial charge in [0.25, 0.3) is 5.56 Å². The van der Waals surface area contributed by atoms with Gasteiger partial charge in [-0.15, -0.1) is 20.1 Å². The molecule has 0 amide bonds. The molecule has 0 spiro atoms. The summed E-state index contributed by atoms with van der Waals surface area (Å²) in [6.45, 7) is 0. The van der Waals surface area contributed by atoms with Crippen LogP contribution in [0.15, 0.2) is 6.07 Å². The fourth-order valence-electron chi connectivity index (χ4n) is 1.18. The van der Waals surface area contributed by atoms with Crippen LogP contribution in [0.2, 0.25) is 20.1 Å². The molecule has 22 heavy (non-hydrogen) atoms. The molecule has 0 heterocycles. The van der Waals surface area contributed by atoms with Crippen LogP contribution in [-0.4, -0.2) is 31.4 Å². The first-order valence-corrected chi connectivity index (χ1v) is 9.12. The number of benzene rings is 1. The van der Waals surface area contributed by atoms with Gasteiger partial charge >= 0.3 is 20.8 Å². The molecule has 0 bridgehead atoms. The van der Waals surface area contributed by atoms with Crippen molar-refractivity contribution in [2.75, 3.05) is 0 Å². The Morgan fingerprint density at radius 1 is 0.909 bits per heavy atom. The predicted molar refractivity (Wildman–Crippen MR) is 81.2 cm³/mol. The van der Waals surface area contributed by atoms with E-state index in [1.165, 1.54) is 0 Å². The Bertz CT molecular complexity index is 745. The average Bonchev–Trinajstić information content (AvgIpc) is 2.27. The van der Waals surface area contributed by atoms with Crippen LogP contribution in [0.25, 0.3) is 0 Å². The van der Waals surface area contributed by atoms with E-state index in [0.717, 1.165) is 6.07 Å². The van der Waals surface area contributed by atoms with E-state index < -0.39 is 36.9 Å². The summed E-state index contributed by atoms with van der Waals surface area (Å²) in [5, 5.41) is -1.18. The first-order chi connectivity index (χ1) is 9.28. The van der Waals surface area contributed by atoms with Crippen LogP contribution < -0.4 is 0 Å². The maximum Gasteiger partial charge on any atom is 0.548 e. The SMILES string of the molecule is O=S(=O)(O)[O+](C(Cl)c1cc(Cl)c(Cl)c(Cl)c1Cl)S(=O)(=O)O.[OH-]. The van der Waals surface area contributed by atoms with Crippen molar-refractivity contribution in [2.45, 2.75) is 5.56 Å². The Morgan fingerprint density at radius 2 is 1.32 bits per heavy atom. The maximum atomic E-state index is 11.0. The van der Waals surface area contributed by atoms with Crippen LogP contribution >= 0.6 is 58.0 Å². The van der Waals surface area contributed by atoms with Gasteiger partial charge in [-0.2, -0.15) is 0 Å². The van der Waals surface area contributed by atoms with Crippen LogP contribution in [0.1, 0.15) is 11.1 Å². The van der Waals surface area contributed by atoms with E-state index in [1.807, 2.05) is 0 Å². The summed E-state index contributed by atoms with van der Waals surface area (Å²) in [6.07, 6.45) is 0. The largest absolute Gasteiger partial charge is 0.870 e. The second kappa shape index (κ2) is 7.53. The molecule has 0 aliphatic carbocycles. The fraction of sp³-hybridized carbons (Fsp3) is 0.143. The Balaban J connectivity index is 0.00000441. The van der Waals surface area contributed by atoms with Gasteiger partial charge in [0, 0.05) is 0 Å². The van der Waals surface area contributed by atoms with Crippen LogP contribution in [0.4, 0.5) is 0 Å². The van der Waals surface area contributed by atoms with E-state index in [4.69, 9.17) is 67.1 Å². The Labute approximate surface area is 150 Å². The maximum absolute atomic E-state index is 11.0. The molecule has 128 valence electrons. The highest BCUT2D eigenvalue weighted by Gasteiger charge is 2.47. The van der Waals surface area contributed by atoms with Crippen molar-refractivity contribution < 1.29 is 34.7 Å². The first-order valence-electron chi connectivity index (χ1n) is 4.44. The normalized spacial score (nSPS) is 13.8. The van der Waals surface area contributed by atoms with Crippen molar-refractivity contribution in [1.82, 2.24) is 0 Å². The van der Waals surface area contributed by atoms with Crippen molar-refractivity contribution in [2.24, 2.45) is 0 Å². The standard InChI is InChI=1S/C7H3Cl5O7S2.H2O/c8-3-1-2(4(9)6(11)5(3)10)7(12)19(20(13,14)15)21(16,17)18;/h1,7H,(H-,13,14,15,16,17,18);1H2. The smallest absolute Gasteiger partial charge is 0.548 e. The number of rotatable bonds is 4. The molecule has 0 saturated carbocycles. The van der Waals surface area contributed by atoms with Crippen molar-refractivity contribution in [3.8, 4) is 0 Å². The van der Waals surface area contributed by atoms with E-state index in [1.54, 1.807) is 0 Å². The molecule has 1 unspecified atom stereocenters. The van der Waals surface area contributed by atoms with Crippen molar-refractivity contribution in [3.05, 3.63) is 31.7 Å². The minimum absolute atomic E-state index is 0. The molecule has 1 atom stereocenters. The molecule has 8 nitrogen and oxygen atoms in total. The highest BCUT2D eigenvalue weighted by molar-refractivity contribution is 7.95. The number of halogens is 5. The highest BCUT2D eigenvalue weighted by Crippen LogP contribution is 2.45. The minimum Gasteiger partial charge on any atom is -0.870 e. The Hall–Kier alpha value is 0.410. The summed E-state index contributed by atoms with van der Waals surface area (Å²) in [5.74, 6) is 0. The molecule has 15 heteroatoms. The monoisotopic (exact) mass is 456 g/mol. The third kappa shape index (κ3) is 4.71. The molecule has 0 aromatic heterocycles. The van der Waals surface area contributed by atoms with Gasteiger partial charge in [-0.05, 0) is 17.7 Å². The summed E-state index contributed by atoms with van der Waals surface area (Å²) >= 11 is 28.4. The highest BCUT2D eigenvalue weighted by atomic mass is 35.5. The van der Waals surface area contributed by atoms with Crippen LogP contribution in [-0.2, 0) is 24.1 Å². The van der Waals surface area contributed by atoms with Gasteiger partial charge < -0.3 is 5.48 Å². The van der Waals surface area contributed by atoms with Gasteiger partial charge in [-0.1, -0.05) is 46.4 Å². The molecule has 1 aromatic carbocycles. The van der Waals surface area contributed by atoms with E-state index in [2.05, 4.69) is 0 Å². The van der Waals surface area contributed by atoms with E-state index >= 15 is 0 Å². The van der Waals surface area contributed by atoms with Gasteiger partial charge in [-0.3, -0.25) is 0 Å². The Kier molecular flexibility index (Phi) is 7.67. The molecule has 0 fully saturated rings. The predicted octanol–water partition coefficient (Wildman–Crippen LogP) is 3.52. The molecule has 0 aliphatic rings. The zero-order chi connectivity index (χ0) is 16.7. The van der Waals surface area contributed by atoms with E-state index in [9.17, 15) is 16.8 Å². The number of hydrogen-bond donors (Lipinski definition) is 2. The molecule has 1 rings (SSSR count). The van der Waals surface area contributed by atoms with Gasteiger partial charge in [0.15, 0.2) is 0 Å². The molecular weight excluding hydrogens is 453 g/mol. The summed E-state index contributed by atoms with van der Waals surface area (Å²) in [4.78, 5) is 0. The minimum atomic E-state index is -5.52. The van der Waals surface area contributed by atoms with Crippen LogP contribution in [0, 0.1) is 0 Å². The summed E-state index contributed by atoms with van der Waals surface area (Å²) in [7, 11) is -11.0. The fourth-order valence-corrected chi connectivity index (χ4v) is 4.38. The molecule has 0 radical (unpaired) electrons. The van der Waals surface area contributed by atoms with Gasteiger partial charge in [0.05, 0.1) is 25.7 Å². The van der Waals surface area contributed by atoms with Gasteiger partial charge in [-0.25, -0.2) is 9.11 Å². The van der Waals surface area contributed by atoms with Crippen LogP contribution in [0.5, 0.6) is 0 Å². The topological polar surface area (TPSA) is 141 Å². The lowest BCUT2D eigenvalue weighted by atomic mass is 10.2. The summed E-state index contributed by atoms with van der Waals surface area (Å²) in [5.41, 5.74) is -2.70. The molecule has 3 N–H and O–H groups in total. The zero-order valence-electron chi connectivity index (χ0n) is 9.74. The quantitative estimate of drug-likeness (QED) is 0.231. The van der Waals surface area contributed by atoms with E-state index in [0.29, 0.717) is 0 Å². The van der Waals surface area contributed by atoms with Crippen molar-refractivity contribution >= 4 is 78.8 Å². The molecule has 1 aromatic rings. The first kappa shape index (κ1) is 22.4. The van der Waals surface area contributed by atoms with Gasteiger partial charge in [0.2, 0.25) is 0 Å². The number of hydrogen-bond acceptors (Lipinski definition) is 5. The van der Waals surface area contributed by atoms with Gasteiger partial charge in [0.1, 0.15) is 0 Å². The second-order valence-electron chi connectivity index (χ2n) is 3.32. The molecule has 0 saturated heterocycles. The lowest BCUT2D eigenvalue weighted by Crippen LogP contribution is -2.29. The lowest BCUT2D eigenvalue weighted by molar-refractivity contribution is 0.115. The van der Waals surface area contributed by atoms with Crippen LogP contribution in [0.3, 0.4) is 0 Å². The number of alkyl halides is 1. The zero-order valence-corrected chi connectivity index (χ0v) is 15.2. The van der Waals surface area contributed by atoms with Crippen molar-refractivity contribution in [3.63, 3.8) is 0 Å². The average molecular weight is 459 g/mol. The third-order valence-electron chi connectivity index (χ3n) is 1.96. The Morgan fingerprint density at radius 3 is 1.68 bits per heavy atom.